The maximum absolute atomic E-state index is 13.4. The number of ether oxygens (including phenoxy) is 1. The number of carbonyl (C=O) groups is 2. The van der Waals surface area contributed by atoms with Crippen LogP contribution >= 0.6 is 0 Å². The largest absolute Gasteiger partial charge is 0.444 e. The molecule has 0 bridgehead atoms. The van der Waals surface area contributed by atoms with Gasteiger partial charge in [-0.05, 0) is 64.7 Å². The molecule has 2 heterocycles. The summed E-state index contributed by atoms with van der Waals surface area (Å²) in [5.74, 6) is -0.0436. The number of nitrogens with one attached hydrogen (secondary N) is 1. The summed E-state index contributed by atoms with van der Waals surface area (Å²) in [6.45, 7) is 13.4. The Labute approximate surface area is 190 Å². The highest BCUT2D eigenvalue weighted by molar-refractivity contribution is 5.94. The Hall–Kier alpha value is -2.19. The molecule has 7 nitrogen and oxygen atoms in total. The minimum Gasteiger partial charge on any atom is -0.444 e. The second-order valence-electron chi connectivity index (χ2n) is 9.95. The third kappa shape index (κ3) is 7.17. The van der Waals surface area contributed by atoms with Gasteiger partial charge in [0.1, 0.15) is 11.4 Å². The summed E-state index contributed by atoms with van der Waals surface area (Å²) in [6.07, 6.45) is 1.90. The Morgan fingerprint density at radius 2 is 1.91 bits per heavy atom. The molecule has 2 amide bonds. The molecule has 2 aliphatic heterocycles. The second-order valence-corrected chi connectivity index (χ2v) is 9.95. The monoisotopic (exact) mass is 448 g/mol. The molecule has 0 saturated carbocycles. The van der Waals surface area contributed by atoms with Gasteiger partial charge in [-0.2, -0.15) is 0 Å². The first-order valence-electron chi connectivity index (χ1n) is 11.6. The van der Waals surface area contributed by atoms with Gasteiger partial charge in [0.05, 0.1) is 6.04 Å². The summed E-state index contributed by atoms with van der Waals surface area (Å²) < 4.78 is 18.9. The second kappa shape index (κ2) is 10.6. The first kappa shape index (κ1) is 24.5. The van der Waals surface area contributed by atoms with E-state index in [1.165, 1.54) is 12.1 Å². The van der Waals surface area contributed by atoms with Crippen molar-refractivity contribution < 1.29 is 18.7 Å². The summed E-state index contributed by atoms with van der Waals surface area (Å²) in [4.78, 5) is 31.4. The molecule has 0 unspecified atom stereocenters. The number of amides is 2. The molecular weight excluding hydrogens is 411 g/mol. The lowest BCUT2D eigenvalue weighted by atomic mass is 9.97. The zero-order chi connectivity index (χ0) is 23.3. The van der Waals surface area contributed by atoms with E-state index in [1.807, 2.05) is 32.6 Å². The fourth-order valence-electron chi connectivity index (χ4n) is 4.38. The van der Waals surface area contributed by atoms with Crippen LogP contribution in [0.5, 0.6) is 0 Å². The van der Waals surface area contributed by atoms with Crippen LogP contribution in [0.25, 0.3) is 0 Å². The van der Waals surface area contributed by atoms with Crippen molar-refractivity contribution in [3.8, 4) is 0 Å². The van der Waals surface area contributed by atoms with Crippen LogP contribution in [0.3, 0.4) is 0 Å². The van der Waals surface area contributed by atoms with E-state index in [0.717, 1.165) is 58.7 Å². The van der Waals surface area contributed by atoms with Crippen molar-refractivity contribution in [3.05, 3.63) is 30.1 Å². The third-order valence-electron chi connectivity index (χ3n) is 6.11. The van der Waals surface area contributed by atoms with Gasteiger partial charge in [0.25, 0.3) is 0 Å². The SMILES string of the molecule is C[C@H](C(=O)Nc1cccc(F)c1)N1CCN(C[C@H]2CCCN(C(=O)OC(C)(C)C)C2)CC1. The lowest BCUT2D eigenvalue weighted by molar-refractivity contribution is -0.121. The molecule has 1 aromatic carbocycles. The van der Waals surface area contributed by atoms with Crippen LogP contribution in [0, 0.1) is 11.7 Å². The van der Waals surface area contributed by atoms with Gasteiger partial charge in [-0.25, -0.2) is 9.18 Å². The fourth-order valence-corrected chi connectivity index (χ4v) is 4.38. The number of likely N-dealkylation sites (tertiary alicyclic amines) is 1. The van der Waals surface area contributed by atoms with Crippen LogP contribution in [0.2, 0.25) is 0 Å². The average Bonchev–Trinajstić information content (AvgIpc) is 2.73. The van der Waals surface area contributed by atoms with E-state index in [1.54, 1.807) is 12.1 Å². The zero-order valence-corrected chi connectivity index (χ0v) is 19.8. The standard InChI is InChI=1S/C24H37FN4O3/c1-18(22(30)26-21-9-5-8-20(25)15-21)28-13-11-27(12-14-28)16-19-7-6-10-29(17-19)23(31)32-24(2,3)4/h5,8-9,15,18-19H,6-7,10-14,16-17H2,1-4H3,(H,26,30)/t18-,19-/m1/s1. The lowest BCUT2D eigenvalue weighted by Crippen LogP contribution is -2.54. The lowest BCUT2D eigenvalue weighted by Gasteiger charge is -2.40. The van der Waals surface area contributed by atoms with E-state index in [0.29, 0.717) is 11.6 Å². The summed E-state index contributed by atoms with van der Waals surface area (Å²) in [6, 6.07) is 5.68. The van der Waals surface area contributed by atoms with Gasteiger partial charge in [-0.15, -0.1) is 0 Å². The number of piperidine rings is 1. The average molecular weight is 449 g/mol. The van der Waals surface area contributed by atoms with E-state index in [4.69, 9.17) is 4.74 Å². The number of halogens is 1. The Bertz CT molecular complexity index is 790. The van der Waals surface area contributed by atoms with Crippen molar-refractivity contribution in [2.45, 2.75) is 52.2 Å². The summed E-state index contributed by atoms with van der Waals surface area (Å²) >= 11 is 0. The Morgan fingerprint density at radius 1 is 1.19 bits per heavy atom. The number of carbonyl (C=O) groups excluding carboxylic acids is 2. The minimum absolute atomic E-state index is 0.121. The fraction of sp³-hybridized carbons (Fsp3) is 0.667. The molecule has 32 heavy (non-hydrogen) atoms. The van der Waals surface area contributed by atoms with Crippen LogP contribution in [0.1, 0.15) is 40.5 Å². The van der Waals surface area contributed by atoms with Gasteiger partial charge in [-0.3, -0.25) is 9.69 Å². The molecule has 2 atom stereocenters. The molecule has 8 heteroatoms. The maximum Gasteiger partial charge on any atom is 0.410 e. The van der Waals surface area contributed by atoms with Crippen LogP contribution in [0.15, 0.2) is 24.3 Å². The van der Waals surface area contributed by atoms with E-state index in [-0.39, 0.29) is 23.9 Å². The number of anilines is 1. The number of benzene rings is 1. The molecule has 0 spiro atoms. The van der Waals surface area contributed by atoms with Crippen molar-refractivity contribution in [2.24, 2.45) is 5.92 Å². The number of rotatable bonds is 5. The molecule has 1 aromatic rings. The number of hydrogen-bond acceptors (Lipinski definition) is 5. The van der Waals surface area contributed by atoms with Crippen molar-refractivity contribution in [3.63, 3.8) is 0 Å². The first-order chi connectivity index (χ1) is 15.1. The third-order valence-corrected chi connectivity index (χ3v) is 6.11. The molecule has 0 radical (unpaired) electrons. The zero-order valence-electron chi connectivity index (χ0n) is 19.8. The minimum atomic E-state index is -0.474. The van der Waals surface area contributed by atoms with Gasteiger partial charge in [-0.1, -0.05) is 6.07 Å². The molecular formula is C24H37FN4O3. The number of piperazine rings is 1. The van der Waals surface area contributed by atoms with E-state index >= 15 is 0 Å². The Balaban J connectivity index is 1.43. The van der Waals surface area contributed by atoms with Crippen LogP contribution in [0.4, 0.5) is 14.9 Å². The van der Waals surface area contributed by atoms with Crippen LogP contribution < -0.4 is 5.32 Å². The van der Waals surface area contributed by atoms with Crippen molar-refractivity contribution in [1.82, 2.24) is 14.7 Å². The van der Waals surface area contributed by atoms with Crippen LogP contribution in [-0.4, -0.2) is 84.2 Å². The van der Waals surface area contributed by atoms with Gasteiger partial charge in [0.15, 0.2) is 0 Å². The van der Waals surface area contributed by atoms with Gasteiger partial charge < -0.3 is 19.9 Å². The van der Waals surface area contributed by atoms with Crippen molar-refractivity contribution in [2.75, 3.05) is 51.1 Å². The molecule has 1 N–H and O–H groups in total. The molecule has 2 aliphatic rings. The summed E-state index contributed by atoms with van der Waals surface area (Å²) in [5.41, 5.74) is 0.00481. The van der Waals surface area contributed by atoms with Crippen molar-refractivity contribution >= 4 is 17.7 Å². The Kier molecular flexibility index (Phi) is 8.11. The Morgan fingerprint density at radius 3 is 2.56 bits per heavy atom. The predicted molar refractivity (Wildman–Crippen MR) is 123 cm³/mol. The smallest absolute Gasteiger partial charge is 0.410 e. The van der Waals surface area contributed by atoms with Gasteiger partial charge in [0, 0.05) is 51.5 Å². The van der Waals surface area contributed by atoms with E-state index < -0.39 is 5.60 Å². The van der Waals surface area contributed by atoms with E-state index in [2.05, 4.69) is 15.1 Å². The van der Waals surface area contributed by atoms with Crippen LogP contribution in [-0.2, 0) is 9.53 Å². The van der Waals surface area contributed by atoms with E-state index in [9.17, 15) is 14.0 Å². The normalized spacial score (nSPS) is 21.8. The molecule has 0 aliphatic carbocycles. The van der Waals surface area contributed by atoms with Gasteiger partial charge >= 0.3 is 6.09 Å². The van der Waals surface area contributed by atoms with Gasteiger partial charge in [0.2, 0.25) is 5.91 Å². The number of hydrogen-bond donors (Lipinski definition) is 1. The highest BCUT2D eigenvalue weighted by Crippen LogP contribution is 2.21. The molecule has 2 saturated heterocycles. The summed E-state index contributed by atoms with van der Waals surface area (Å²) in [7, 11) is 0. The quantitative estimate of drug-likeness (QED) is 0.748. The molecule has 178 valence electrons. The maximum atomic E-state index is 13.4. The number of nitrogens with zero attached hydrogens (tertiary/aromatic N) is 3. The predicted octanol–water partition coefficient (Wildman–Crippen LogP) is 3.42. The molecule has 3 rings (SSSR count). The van der Waals surface area contributed by atoms with Crippen molar-refractivity contribution in [1.29, 1.82) is 0 Å². The highest BCUT2D eigenvalue weighted by atomic mass is 19.1. The summed E-state index contributed by atoms with van der Waals surface area (Å²) in [5, 5.41) is 2.80. The topological polar surface area (TPSA) is 65.1 Å². The first-order valence-corrected chi connectivity index (χ1v) is 11.6. The molecule has 2 fully saturated rings. The molecule has 0 aromatic heterocycles. The highest BCUT2D eigenvalue weighted by Gasteiger charge is 2.30.